The van der Waals surface area contributed by atoms with Crippen LogP contribution in [0.15, 0.2) is 60.8 Å². The van der Waals surface area contributed by atoms with E-state index < -0.39 is 11.9 Å². The van der Waals surface area contributed by atoms with Crippen LogP contribution in [0.2, 0.25) is 0 Å². The van der Waals surface area contributed by atoms with Gasteiger partial charge in [-0.15, -0.1) is 5.10 Å². The van der Waals surface area contributed by atoms with Crippen molar-refractivity contribution in [3.05, 3.63) is 77.6 Å². The van der Waals surface area contributed by atoms with Crippen molar-refractivity contribution in [1.82, 2.24) is 15.0 Å². The maximum absolute atomic E-state index is 12.3. The van der Waals surface area contributed by atoms with E-state index in [0.717, 1.165) is 5.56 Å². The van der Waals surface area contributed by atoms with Crippen molar-refractivity contribution in [2.75, 3.05) is 12.4 Å². The van der Waals surface area contributed by atoms with Gasteiger partial charge in [-0.3, -0.25) is 4.79 Å². The minimum Gasteiger partial charge on any atom is -0.465 e. The quantitative estimate of drug-likeness (QED) is 0.723. The molecule has 0 atom stereocenters. The molecule has 0 radical (unpaired) electrons. The van der Waals surface area contributed by atoms with E-state index in [9.17, 15) is 9.59 Å². The SMILES string of the molecule is COC(=O)c1cccc(NC(=O)c2cn(Cc3ccccc3)nn2)c1. The van der Waals surface area contributed by atoms with Gasteiger partial charge in [-0.2, -0.15) is 0 Å². The van der Waals surface area contributed by atoms with Crippen LogP contribution in [-0.2, 0) is 11.3 Å². The number of ether oxygens (including phenoxy) is 1. The average molecular weight is 336 g/mol. The Morgan fingerprint density at radius 1 is 1.12 bits per heavy atom. The third-order valence-corrected chi connectivity index (χ3v) is 3.50. The fraction of sp³-hybridized carbons (Fsp3) is 0.111. The van der Waals surface area contributed by atoms with Gasteiger partial charge in [0.05, 0.1) is 25.4 Å². The van der Waals surface area contributed by atoms with Gasteiger partial charge in [-0.05, 0) is 23.8 Å². The zero-order valence-electron chi connectivity index (χ0n) is 13.5. The van der Waals surface area contributed by atoms with Crippen LogP contribution in [0.4, 0.5) is 5.69 Å². The molecule has 0 spiro atoms. The topological polar surface area (TPSA) is 86.1 Å². The lowest BCUT2D eigenvalue weighted by molar-refractivity contribution is 0.0600. The molecule has 0 saturated carbocycles. The van der Waals surface area contributed by atoms with Crippen LogP contribution in [0.1, 0.15) is 26.4 Å². The maximum atomic E-state index is 12.3. The van der Waals surface area contributed by atoms with Crippen LogP contribution in [0, 0.1) is 0 Å². The molecule has 1 amide bonds. The molecule has 7 heteroatoms. The number of carbonyl (C=O) groups excluding carboxylic acids is 2. The van der Waals surface area contributed by atoms with E-state index in [1.807, 2.05) is 30.3 Å². The summed E-state index contributed by atoms with van der Waals surface area (Å²) in [6.45, 7) is 0.527. The monoisotopic (exact) mass is 336 g/mol. The molecule has 1 heterocycles. The number of amides is 1. The second-order valence-corrected chi connectivity index (χ2v) is 5.31. The fourth-order valence-electron chi connectivity index (χ4n) is 2.29. The van der Waals surface area contributed by atoms with Crippen molar-refractivity contribution in [2.45, 2.75) is 6.54 Å². The normalized spacial score (nSPS) is 10.3. The Morgan fingerprint density at radius 3 is 2.68 bits per heavy atom. The molecule has 0 bridgehead atoms. The molecule has 3 aromatic rings. The average Bonchev–Trinajstić information content (AvgIpc) is 3.11. The molecule has 0 fully saturated rings. The van der Waals surface area contributed by atoms with Gasteiger partial charge in [0.1, 0.15) is 0 Å². The van der Waals surface area contributed by atoms with Crippen molar-refractivity contribution < 1.29 is 14.3 Å². The van der Waals surface area contributed by atoms with Crippen molar-refractivity contribution >= 4 is 17.6 Å². The zero-order chi connectivity index (χ0) is 17.6. The number of hydrogen-bond donors (Lipinski definition) is 1. The molecule has 0 aliphatic heterocycles. The standard InChI is InChI=1S/C18H16N4O3/c1-25-18(24)14-8-5-9-15(10-14)19-17(23)16-12-22(21-20-16)11-13-6-3-2-4-7-13/h2-10,12H,11H2,1H3,(H,19,23). The number of anilines is 1. The maximum Gasteiger partial charge on any atom is 0.337 e. The summed E-state index contributed by atoms with van der Waals surface area (Å²) in [7, 11) is 1.30. The molecule has 1 N–H and O–H groups in total. The van der Waals surface area contributed by atoms with Crippen molar-refractivity contribution in [2.24, 2.45) is 0 Å². The molecular formula is C18H16N4O3. The van der Waals surface area contributed by atoms with Gasteiger partial charge >= 0.3 is 5.97 Å². The summed E-state index contributed by atoms with van der Waals surface area (Å²) in [5.74, 6) is -0.869. The highest BCUT2D eigenvalue weighted by Gasteiger charge is 2.13. The van der Waals surface area contributed by atoms with E-state index in [1.165, 1.54) is 13.2 Å². The molecule has 2 aromatic carbocycles. The third kappa shape index (κ3) is 4.08. The first-order chi connectivity index (χ1) is 12.2. The van der Waals surface area contributed by atoms with Crippen LogP contribution in [-0.4, -0.2) is 34.0 Å². The minimum atomic E-state index is -0.468. The Labute approximate surface area is 144 Å². The molecule has 1 aromatic heterocycles. The number of methoxy groups -OCH3 is 1. The van der Waals surface area contributed by atoms with Crippen LogP contribution in [0.3, 0.4) is 0 Å². The molecule has 0 unspecified atom stereocenters. The summed E-state index contributed by atoms with van der Waals surface area (Å²) in [6, 6.07) is 16.2. The third-order valence-electron chi connectivity index (χ3n) is 3.50. The Hall–Kier alpha value is -3.48. The lowest BCUT2D eigenvalue weighted by Crippen LogP contribution is -2.13. The number of rotatable bonds is 5. The molecule has 3 rings (SSSR count). The van der Waals surface area contributed by atoms with E-state index in [1.54, 1.807) is 29.1 Å². The second kappa shape index (κ2) is 7.39. The fourth-order valence-corrected chi connectivity index (χ4v) is 2.29. The number of nitrogens with one attached hydrogen (secondary N) is 1. The largest absolute Gasteiger partial charge is 0.465 e. The van der Waals surface area contributed by atoms with Crippen LogP contribution >= 0.6 is 0 Å². The van der Waals surface area contributed by atoms with E-state index in [0.29, 0.717) is 17.8 Å². The van der Waals surface area contributed by atoms with Crippen molar-refractivity contribution in [3.8, 4) is 0 Å². The van der Waals surface area contributed by atoms with Gasteiger partial charge in [0.15, 0.2) is 5.69 Å². The van der Waals surface area contributed by atoms with Crippen LogP contribution < -0.4 is 5.32 Å². The smallest absolute Gasteiger partial charge is 0.337 e. The molecule has 126 valence electrons. The highest BCUT2D eigenvalue weighted by Crippen LogP contribution is 2.13. The highest BCUT2D eigenvalue weighted by molar-refractivity contribution is 6.03. The summed E-state index contributed by atoms with van der Waals surface area (Å²) < 4.78 is 6.26. The van der Waals surface area contributed by atoms with E-state index in [2.05, 4.69) is 20.4 Å². The van der Waals surface area contributed by atoms with Gasteiger partial charge in [-0.1, -0.05) is 41.6 Å². The second-order valence-electron chi connectivity index (χ2n) is 5.31. The summed E-state index contributed by atoms with van der Waals surface area (Å²) in [4.78, 5) is 23.8. The first-order valence-corrected chi connectivity index (χ1v) is 7.59. The van der Waals surface area contributed by atoms with Crippen molar-refractivity contribution in [3.63, 3.8) is 0 Å². The number of carbonyl (C=O) groups is 2. The van der Waals surface area contributed by atoms with Crippen LogP contribution in [0.5, 0.6) is 0 Å². The molecule has 0 saturated heterocycles. The Bertz CT molecular complexity index is 890. The van der Waals surface area contributed by atoms with Gasteiger partial charge in [0, 0.05) is 5.69 Å². The number of esters is 1. The molecule has 0 aliphatic carbocycles. The summed E-state index contributed by atoms with van der Waals surface area (Å²) >= 11 is 0. The molecular weight excluding hydrogens is 320 g/mol. The summed E-state index contributed by atoms with van der Waals surface area (Å²) in [6.07, 6.45) is 1.58. The number of aromatic nitrogens is 3. The minimum absolute atomic E-state index is 0.194. The van der Waals surface area contributed by atoms with Crippen molar-refractivity contribution in [1.29, 1.82) is 0 Å². The summed E-state index contributed by atoms with van der Waals surface area (Å²) in [5, 5.41) is 10.5. The molecule has 7 nitrogen and oxygen atoms in total. The highest BCUT2D eigenvalue weighted by atomic mass is 16.5. The zero-order valence-corrected chi connectivity index (χ0v) is 13.5. The van der Waals surface area contributed by atoms with Gasteiger partial charge in [0.2, 0.25) is 0 Å². The first kappa shape index (κ1) is 16.4. The first-order valence-electron chi connectivity index (χ1n) is 7.59. The van der Waals surface area contributed by atoms with Gasteiger partial charge in [-0.25, -0.2) is 9.48 Å². The predicted molar refractivity (Wildman–Crippen MR) is 91.3 cm³/mol. The lowest BCUT2D eigenvalue weighted by Gasteiger charge is -2.05. The van der Waals surface area contributed by atoms with E-state index in [4.69, 9.17) is 0 Å². The van der Waals surface area contributed by atoms with Crippen LogP contribution in [0.25, 0.3) is 0 Å². The van der Waals surface area contributed by atoms with E-state index in [-0.39, 0.29) is 5.69 Å². The predicted octanol–water partition coefficient (Wildman–Crippen LogP) is 2.37. The Morgan fingerprint density at radius 2 is 1.92 bits per heavy atom. The Balaban J connectivity index is 1.69. The lowest BCUT2D eigenvalue weighted by atomic mass is 10.2. The summed E-state index contributed by atoms with van der Waals surface area (Å²) in [5.41, 5.74) is 2.09. The van der Waals surface area contributed by atoms with E-state index >= 15 is 0 Å². The number of hydrogen-bond acceptors (Lipinski definition) is 5. The molecule has 0 aliphatic rings. The van der Waals surface area contributed by atoms with Gasteiger partial charge < -0.3 is 10.1 Å². The van der Waals surface area contributed by atoms with Gasteiger partial charge in [0.25, 0.3) is 5.91 Å². The Kier molecular flexibility index (Phi) is 4.84. The number of nitrogens with zero attached hydrogens (tertiary/aromatic N) is 3. The molecule has 25 heavy (non-hydrogen) atoms. The number of benzene rings is 2.